The third-order valence-electron chi connectivity index (χ3n) is 5.95. The molecule has 0 aromatic carbocycles. The number of aliphatic hydroxyl groups is 6. The average Bonchev–Trinajstić information content (AvgIpc) is 2.92. The molecule has 0 unspecified atom stereocenters. The minimum atomic E-state index is -0.945. The molecule has 0 spiro atoms. The van der Waals surface area contributed by atoms with Gasteiger partial charge in [-0.2, -0.15) is 0 Å². The molecule has 0 saturated heterocycles. The molecule has 2 amide bonds. The van der Waals surface area contributed by atoms with Gasteiger partial charge in [-0.25, -0.2) is 4.79 Å². The fraction of sp³-hybridized carbons (Fsp3) is 0.920. The molecule has 0 atom stereocenters. The number of rotatable bonds is 26. The van der Waals surface area contributed by atoms with E-state index in [1.807, 2.05) is 0 Å². The van der Waals surface area contributed by atoms with Gasteiger partial charge in [0.05, 0.1) is 84.7 Å². The third-order valence-corrected chi connectivity index (χ3v) is 5.95. The van der Waals surface area contributed by atoms with Crippen molar-refractivity contribution in [2.24, 2.45) is 23.2 Å². The van der Waals surface area contributed by atoms with Crippen LogP contribution in [0.4, 0.5) is 4.79 Å². The van der Waals surface area contributed by atoms with Gasteiger partial charge in [-0.3, -0.25) is 0 Å². The third kappa shape index (κ3) is 18.0. The van der Waals surface area contributed by atoms with Crippen LogP contribution in [-0.4, -0.2) is 135 Å². The van der Waals surface area contributed by atoms with Crippen LogP contribution in [0.15, 0.2) is 0 Å². The Kier molecular flexibility index (Phi) is 22.6. The van der Waals surface area contributed by atoms with Gasteiger partial charge in [0.2, 0.25) is 0 Å². The van der Waals surface area contributed by atoms with Crippen molar-refractivity contribution in [2.75, 3.05) is 92.4 Å². The lowest BCUT2D eigenvalue weighted by molar-refractivity contribution is -0.117. The largest absolute Gasteiger partial charge is 0.396 e. The zero-order chi connectivity index (χ0) is 28.7. The molecule has 8 N–H and O–H groups in total. The molecule has 0 aromatic rings. The van der Waals surface area contributed by atoms with Crippen LogP contribution >= 0.6 is 0 Å². The molecule has 0 aliphatic rings. The Balaban J connectivity index is 5.26. The zero-order valence-corrected chi connectivity index (χ0v) is 22.7. The normalized spacial score (nSPS) is 12.1. The molecular formula is C25H50N2O11. The molecule has 0 rings (SSSR count). The number of hydrogen-bond donors (Lipinski definition) is 8. The highest BCUT2D eigenvalue weighted by molar-refractivity contribution is 5.75. The first-order chi connectivity index (χ1) is 18.3. The standard InChI is InChI=1S/C25H50N2O11/c1-20(34)5-3-2-4-6-26-24(35)27-16-25(17-36-13-21(7-28)8-29,18-37-14-22(9-30)10-31)19-38-15-23(11-32)12-33/h21-23,28-33H,2-19H2,1H3,(H2,26,27,35). The zero-order valence-electron chi connectivity index (χ0n) is 22.7. The maximum absolute atomic E-state index is 12.5. The minimum Gasteiger partial charge on any atom is -0.396 e. The molecule has 38 heavy (non-hydrogen) atoms. The molecule has 0 radical (unpaired) electrons. The number of ether oxygens (including phenoxy) is 3. The smallest absolute Gasteiger partial charge is 0.314 e. The minimum absolute atomic E-state index is 0.0145. The Bertz CT molecular complexity index is 540. The van der Waals surface area contributed by atoms with Crippen molar-refractivity contribution in [3.8, 4) is 0 Å². The Morgan fingerprint density at radius 2 is 1.08 bits per heavy atom. The Morgan fingerprint density at radius 1 is 0.658 bits per heavy atom. The van der Waals surface area contributed by atoms with Crippen LogP contribution in [0.5, 0.6) is 0 Å². The predicted molar refractivity (Wildman–Crippen MR) is 138 cm³/mol. The SMILES string of the molecule is CC(=O)CCCCCNC(=O)NCC(COCC(CO)CO)(COCC(CO)CO)COCC(CO)CO. The molecule has 13 heteroatoms. The van der Waals surface area contributed by atoms with Crippen LogP contribution in [0.2, 0.25) is 0 Å². The van der Waals surface area contributed by atoms with Gasteiger partial charge >= 0.3 is 6.03 Å². The Morgan fingerprint density at radius 3 is 1.45 bits per heavy atom. The summed E-state index contributed by atoms with van der Waals surface area (Å²) in [5, 5.41) is 61.6. The number of aliphatic hydroxyl groups excluding tert-OH is 6. The lowest BCUT2D eigenvalue weighted by atomic mass is 9.90. The fourth-order valence-corrected chi connectivity index (χ4v) is 3.30. The summed E-state index contributed by atoms with van der Waals surface area (Å²) >= 11 is 0. The molecule has 0 bridgehead atoms. The van der Waals surface area contributed by atoms with Crippen LogP contribution in [0, 0.1) is 23.2 Å². The number of hydrogen-bond acceptors (Lipinski definition) is 11. The summed E-state index contributed by atoms with van der Waals surface area (Å²) in [5.74, 6) is -1.34. The average molecular weight is 555 g/mol. The molecule has 0 aliphatic carbocycles. The Labute approximate surface area is 225 Å². The van der Waals surface area contributed by atoms with Crippen molar-refractivity contribution in [1.29, 1.82) is 0 Å². The number of ketones is 1. The van der Waals surface area contributed by atoms with Crippen molar-refractivity contribution in [2.45, 2.75) is 32.6 Å². The number of amides is 2. The van der Waals surface area contributed by atoms with Crippen molar-refractivity contribution in [1.82, 2.24) is 10.6 Å². The molecule has 13 nitrogen and oxygen atoms in total. The molecule has 226 valence electrons. The lowest BCUT2D eigenvalue weighted by Crippen LogP contribution is -2.50. The van der Waals surface area contributed by atoms with Gasteiger partial charge in [0.25, 0.3) is 0 Å². The van der Waals surface area contributed by atoms with Crippen molar-refractivity contribution in [3.63, 3.8) is 0 Å². The summed E-state index contributed by atoms with van der Waals surface area (Å²) in [7, 11) is 0. The van der Waals surface area contributed by atoms with Gasteiger partial charge in [-0.15, -0.1) is 0 Å². The van der Waals surface area contributed by atoms with Gasteiger partial charge in [0.15, 0.2) is 0 Å². The molecule has 0 saturated carbocycles. The van der Waals surface area contributed by atoms with Gasteiger partial charge in [-0.1, -0.05) is 6.42 Å². The number of urea groups is 1. The number of Topliss-reactive ketones (excluding diaryl/α,β-unsaturated/α-hetero) is 1. The number of carbonyl (C=O) groups excluding carboxylic acids is 2. The van der Waals surface area contributed by atoms with Gasteiger partial charge in [0.1, 0.15) is 5.78 Å². The fourth-order valence-electron chi connectivity index (χ4n) is 3.30. The lowest BCUT2D eigenvalue weighted by Gasteiger charge is -2.34. The second kappa shape index (κ2) is 23.5. The van der Waals surface area contributed by atoms with Gasteiger partial charge < -0.3 is 60.3 Å². The number of unbranched alkanes of at least 4 members (excludes halogenated alkanes) is 2. The van der Waals surface area contributed by atoms with Gasteiger partial charge in [-0.05, 0) is 19.8 Å². The van der Waals surface area contributed by atoms with Crippen LogP contribution in [0.25, 0.3) is 0 Å². The van der Waals surface area contributed by atoms with E-state index in [0.29, 0.717) is 13.0 Å². The van der Waals surface area contributed by atoms with E-state index in [9.17, 15) is 40.2 Å². The van der Waals surface area contributed by atoms with E-state index < -0.39 is 29.2 Å². The van der Waals surface area contributed by atoms with Crippen LogP contribution in [-0.2, 0) is 19.0 Å². The second-order valence-corrected chi connectivity index (χ2v) is 9.86. The van der Waals surface area contributed by atoms with E-state index in [2.05, 4.69) is 10.6 Å². The molecule has 0 aliphatic heterocycles. The predicted octanol–water partition coefficient (Wildman–Crippen LogP) is -1.73. The monoisotopic (exact) mass is 554 g/mol. The van der Waals surface area contributed by atoms with Crippen LogP contribution in [0.3, 0.4) is 0 Å². The molecule has 0 heterocycles. The van der Waals surface area contributed by atoms with E-state index in [0.717, 1.165) is 19.3 Å². The summed E-state index contributed by atoms with van der Waals surface area (Å²) in [6.45, 7) is 0.592. The summed E-state index contributed by atoms with van der Waals surface area (Å²) < 4.78 is 17.3. The first-order valence-corrected chi connectivity index (χ1v) is 13.2. The van der Waals surface area contributed by atoms with Crippen molar-refractivity contribution in [3.05, 3.63) is 0 Å². The first-order valence-electron chi connectivity index (χ1n) is 13.2. The number of nitrogens with one attached hydrogen (secondary N) is 2. The first kappa shape index (κ1) is 36.6. The second-order valence-electron chi connectivity index (χ2n) is 9.86. The highest BCUT2D eigenvalue weighted by Gasteiger charge is 2.33. The summed E-state index contributed by atoms with van der Waals surface area (Å²) in [6, 6.07) is -0.420. The van der Waals surface area contributed by atoms with E-state index in [4.69, 9.17) is 14.2 Å². The number of carbonyl (C=O) groups is 2. The summed E-state index contributed by atoms with van der Waals surface area (Å²) in [5.41, 5.74) is -0.945. The summed E-state index contributed by atoms with van der Waals surface area (Å²) in [4.78, 5) is 23.5. The highest BCUT2D eigenvalue weighted by atomic mass is 16.5. The van der Waals surface area contributed by atoms with Gasteiger partial charge in [0, 0.05) is 37.3 Å². The molecular weight excluding hydrogens is 504 g/mol. The van der Waals surface area contributed by atoms with E-state index in [1.54, 1.807) is 6.92 Å². The van der Waals surface area contributed by atoms with E-state index >= 15 is 0 Å². The van der Waals surface area contributed by atoms with E-state index in [-0.39, 0.29) is 91.6 Å². The van der Waals surface area contributed by atoms with Crippen molar-refractivity contribution >= 4 is 11.8 Å². The van der Waals surface area contributed by atoms with E-state index in [1.165, 1.54) is 0 Å². The van der Waals surface area contributed by atoms with Crippen LogP contribution < -0.4 is 10.6 Å². The quantitative estimate of drug-likeness (QED) is 0.0564. The van der Waals surface area contributed by atoms with Crippen LogP contribution in [0.1, 0.15) is 32.6 Å². The Hall–Kier alpha value is -1.42. The maximum atomic E-state index is 12.5. The maximum Gasteiger partial charge on any atom is 0.314 e. The van der Waals surface area contributed by atoms with Crippen molar-refractivity contribution < 1.29 is 54.4 Å². The molecule has 0 fully saturated rings. The summed E-state index contributed by atoms with van der Waals surface area (Å²) in [6.07, 6.45) is 2.81. The topological polar surface area (TPSA) is 207 Å². The highest BCUT2D eigenvalue weighted by Crippen LogP contribution is 2.21. The molecule has 0 aromatic heterocycles.